The Balaban J connectivity index is 2.20. The van der Waals surface area contributed by atoms with Crippen molar-refractivity contribution < 1.29 is 23.2 Å². The molecule has 110 valence electrons. The summed E-state index contributed by atoms with van der Waals surface area (Å²) in [5.74, 6) is 0. The number of halogens is 3. The lowest BCUT2D eigenvalue weighted by atomic mass is 10.1. The van der Waals surface area contributed by atoms with Gasteiger partial charge in [0.05, 0.1) is 11.0 Å². The first kappa shape index (κ1) is 14.6. The van der Waals surface area contributed by atoms with Crippen LogP contribution >= 0.6 is 0 Å². The number of aliphatic hydroxyl groups is 1. The lowest BCUT2D eigenvalue weighted by Crippen LogP contribution is -2.47. The molecule has 0 aromatic heterocycles. The van der Waals surface area contributed by atoms with Crippen LogP contribution in [0.5, 0.6) is 0 Å². The number of rotatable bonds is 3. The van der Waals surface area contributed by atoms with E-state index in [1.165, 1.54) is 29.2 Å². The second kappa shape index (κ2) is 5.28. The van der Waals surface area contributed by atoms with Crippen molar-refractivity contribution in [3.8, 4) is 0 Å². The Morgan fingerprint density at radius 1 is 1.35 bits per heavy atom. The van der Waals surface area contributed by atoms with E-state index in [1.807, 2.05) is 0 Å². The van der Waals surface area contributed by atoms with Gasteiger partial charge in [0.2, 0.25) is 0 Å². The van der Waals surface area contributed by atoms with Crippen molar-refractivity contribution in [2.45, 2.75) is 31.2 Å². The van der Waals surface area contributed by atoms with Crippen LogP contribution in [0, 0.1) is 10.1 Å². The second-order valence-corrected chi connectivity index (χ2v) is 4.66. The topological polar surface area (TPSA) is 66.6 Å². The SMILES string of the molecule is O=[N+]([O-])c1ccc(N2CCC[C@@H]2C(O)C(F)(F)F)cc1. The van der Waals surface area contributed by atoms with Gasteiger partial charge in [-0.05, 0) is 25.0 Å². The standard InChI is InChI=1S/C12H13F3N2O3/c13-12(14,15)11(18)10-2-1-7-16(10)8-3-5-9(6-4-8)17(19)20/h3-6,10-11,18H,1-2,7H2/t10-,11?/m1/s1. The molecule has 1 fully saturated rings. The average molecular weight is 290 g/mol. The number of nitrogens with zero attached hydrogens (tertiary/aromatic N) is 2. The maximum Gasteiger partial charge on any atom is 0.416 e. The molecule has 1 heterocycles. The molecule has 2 atom stereocenters. The van der Waals surface area contributed by atoms with Crippen LogP contribution in [0.2, 0.25) is 0 Å². The summed E-state index contributed by atoms with van der Waals surface area (Å²) in [7, 11) is 0. The number of aliphatic hydroxyl groups excluding tert-OH is 1. The van der Waals surface area contributed by atoms with E-state index in [9.17, 15) is 28.4 Å². The summed E-state index contributed by atoms with van der Waals surface area (Å²) in [6, 6.07) is 4.24. The Morgan fingerprint density at radius 2 is 1.95 bits per heavy atom. The molecular formula is C12H13F3N2O3. The molecule has 1 aliphatic rings. The maximum atomic E-state index is 12.6. The maximum absolute atomic E-state index is 12.6. The lowest BCUT2D eigenvalue weighted by molar-refractivity contribution is -0.384. The summed E-state index contributed by atoms with van der Waals surface area (Å²) in [5.41, 5.74) is 0.322. The van der Waals surface area contributed by atoms with Crippen molar-refractivity contribution in [1.29, 1.82) is 0 Å². The monoisotopic (exact) mass is 290 g/mol. The smallest absolute Gasteiger partial charge is 0.382 e. The van der Waals surface area contributed by atoms with Gasteiger partial charge in [0.1, 0.15) is 0 Å². The Kier molecular flexibility index (Phi) is 3.85. The van der Waals surface area contributed by atoms with Crippen LogP contribution in [0.4, 0.5) is 24.5 Å². The van der Waals surface area contributed by atoms with Gasteiger partial charge in [0, 0.05) is 24.4 Å². The Hall–Kier alpha value is -1.83. The number of benzene rings is 1. The van der Waals surface area contributed by atoms with Gasteiger partial charge >= 0.3 is 6.18 Å². The highest BCUT2D eigenvalue weighted by atomic mass is 19.4. The number of non-ortho nitro benzene ring substituents is 1. The second-order valence-electron chi connectivity index (χ2n) is 4.66. The molecule has 1 aromatic carbocycles. The Morgan fingerprint density at radius 3 is 2.45 bits per heavy atom. The third-order valence-electron chi connectivity index (χ3n) is 3.39. The summed E-state index contributed by atoms with van der Waals surface area (Å²) in [6.45, 7) is 0.385. The highest BCUT2D eigenvalue weighted by molar-refractivity contribution is 5.52. The quantitative estimate of drug-likeness (QED) is 0.686. The van der Waals surface area contributed by atoms with E-state index < -0.39 is 23.2 Å². The zero-order chi connectivity index (χ0) is 14.9. The Bertz CT molecular complexity index is 490. The van der Waals surface area contributed by atoms with E-state index in [0.717, 1.165) is 0 Å². The predicted octanol–water partition coefficient (Wildman–Crippen LogP) is 2.49. The van der Waals surface area contributed by atoms with Crippen molar-refractivity contribution >= 4 is 11.4 Å². The normalized spacial score (nSPS) is 21.0. The van der Waals surface area contributed by atoms with Gasteiger partial charge in [-0.2, -0.15) is 13.2 Å². The predicted molar refractivity (Wildman–Crippen MR) is 65.5 cm³/mol. The summed E-state index contributed by atoms with van der Waals surface area (Å²) in [4.78, 5) is 11.4. The van der Waals surface area contributed by atoms with E-state index in [2.05, 4.69) is 0 Å². The first-order valence-corrected chi connectivity index (χ1v) is 6.06. The molecule has 5 nitrogen and oxygen atoms in total. The largest absolute Gasteiger partial charge is 0.416 e. The van der Waals surface area contributed by atoms with Gasteiger partial charge in [-0.3, -0.25) is 10.1 Å². The molecule has 1 unspecified atom stereocenters. The van der Waals surface area contributed by atoms with Gasteiger partial charge in [-0.1, -0.05) is 0 Å². The first-order valence-electron chi connectivity index (χ1n) is 6.06. The molecule has 1 aliphatic heterocycles. The van der Waals surface area contributed by atoms with E-state index in [4.69, 9.17) is 0 Å². The number of anilines is 1. The minimum atomic E-state index is -4.67. The van der Waals surface area contributed by atoms with Gasteiger partial charge in [0.15, 0.2) is 6.10 Å². The van der Waals surface area contributed by atoms with Gasteiger partial charge in [-0.15, -0.1) is 0 Å². The van der Waals surface area contributed by atoms with Crippen LogP contribution in [-0.4, -0.2) is 34.9 Å². The van der Waals surface area contributed by atoms with Crippen LogP contribution in [0.1, 0.15) is 12.8 Å². The Labute approximate surface area is 112 Å². The minimum Gasteiger partial charge on any atom is -0.382 e. The third-order valence-corrected chi connectivity index (χ3v) is 3.39. The van der Waals surface area contributed by atoms with Gasteiger partial charge < -0.3 is 10.0 Å². The number of hydrogen-bond donors (Lipinski definition) is 1. The zero-order valence-corrected chi connectivity index (χ0v) is 10.4. The molecule has 1 aromatic rings. The molecule has 0 amide bonds. The van der Waals surface area contributed by atoms with Crippen molar-refractivity contribution in [3.63, 3.8) is 0 Å². The highest BCUT2D eigenvalue weighted by Gasteiger charge is 2.47. The summed E-state index contributed by atoms with van der Waals surface area (Å²) in [5, 5.41) is 19.9. The third kappa shape index (κ3) is 2.84. The van der Waals surface area contributed by atoms with Crippen LogP contribution in [0.25, 0.3) is 0 Å². The molecule has 20 heavy (non-hydrogen) atoms. The lowest BCUT2D eigenvalue weighted by Gasteiger charge is -2.31. The molecule has 0 spiro atoms. The summed E-state index contributed by atoms with van der Waals surface area (Å²) >= 11 is 0. The molecule has 2 rings (SSSR count). The average Bonchev–Trinajstić information content (AvgIpc) is 2.85. The van der Waals surface area contributed by atoms with Gasteiger partial charge in [-0.25, -0.2) is 0 Å². The minimum absolute atomic E-state index is 0.124. The number of alkyl halides is 3. The first-order chi connectivity index (χ1) is 9.30. The van der Waals surface area contributed by atoms with Gasteiger partial charge in [0.25, 0.3) is 5.69 Å². The molecule has 1 saturated heterocycles. The number of nitro groups is 1. The molecule has 0 aliphatic carbocycles. The summed E-state index contributed by atoms with van der Waals surface area (Å²) in [6.07, 6.45) is -6.32. The van der Waals surface area contributed by atoms with Crippen LogP contribution in [0.3, 0.4) is 0 Å². The molecule has 0 bridgehead atoms. The molecular weight excluding hydrogens is 277 g/mol. The van der Waals surface area contributed by atoms with Crippen molar-refractivity contribution in [1.82, 2.24) is 0 Å². The van der Waals surface area contributed by atoms with Crippen molar-refractivity contribution in [2.24, 2.45) is 0 Å². The van der Waals surface area contributed by atoms with E-state index in [-0.39, 0.29) is 12.1 Å². The van der Waals surface area contributed by atoms with E-state index in [1.54, 1.807) is 0 Å². The highest BCUT2D eigenvalue weighted by Crippen LogP contribution is 2.34. The van der Waals surface area contributed by atoms with Crippen molar-refractivity contribution in [2.75, 3.05) is 11.4 Å². The zero-order valence-electron chi connectivity index (χ0n) is 10.4. The number of nitro benzene ring substituents is 1. The van der Waals surface area contributed by atoms with E-state index >= 15 is 0 Å². The fourth-order valence-electron chi connectivity index (χ4n) is 2.43. The fraction of sp³-hybridized carbons (Fsp3) is 0.500. The van der Waals surface area contributed by atoms with Crippen LogP contribution in [-0.2, 0) is 0 Å². The summed E-state index contributed by atoms with van der Waals surface area (Å²) < 4.78 is 37.8. The van der Waals surface area contributed by atoms with Crippen molar-refractivity contribution in [3.05, 3.63) is 34.4 Å². The number of hydrogen-bond acceptors (Lipinski definition) is 4. The van der Waals surface area contributed by atoms with Crippen LogP contribution < -0.4 is 4.90 Å². The fourth-order valence-corrected chi connectivity index (χ4v) is 2.43. The molecule has 0 radical (unpaired) electrons. The van der Waals surface area contributed by atoms with E-state index in [0.29, 0.717) is 18.7 Å². The van der Waals surface area contributed by atoms with Crippen LogP contribution in [0.15, 0.2) is 24.3 Å². The molecule has 1 N–H and O–H groups in total. The molecule has 0 saturated carbocycles. The molecule has 8 heteroatoms.